The quantitative estimate of drug-likeness (QED) is 0.582. The molecule has 1 atom stereocenters. The Hall–Kier alpha value is -2.48. The lowest BCUT2D eigenvalue weighted by Crippen LogP contribution is -2.58. The zero-order valence-corrected chi connectivity index (χ0v) is 17.2. The number of hydrogen-bond donors (Lipinski definition) is 1. The molecule has 0 aromatic heterocycles. The smallest absolute Gasteiger partial charge is 0.273 e. The summed E-state index contributed by atoms with van der Waals surface area (Å²) >= 11 is 0. The number of benzene rings is 1. The third kappa shape index (κ3) is 4.75. The van der Waals surface area contributed by atoms with Gasteiger partial charge in [-0.15, -0.1) is 0 Å². The minimum atomic E-state index is -0.456. The van der Waals surface area contributed by atoms with Gasteiger partial charge in [0.1, 0.15) is 0 Å². The Morgan fingerprint density at radius 2 is 1.86 bits per heavy atom. The zero-order chi connectivity index (χ0) is 21.0. The van der Waals surface area contributed by atoms with Crippen LogP contribution in [0.15, 0.2) is 18.2 Å². The highest BCUT2D eigenvalue weighted by Crippen LogP contribution is 2.31. The predicted octanol–water partition coefficient (Wildman–Crippen LogP) is 2.36. The van der Waals surface area contributed by atoms with Crippen LogP contribution in [-0.4, -0.2) is 65.3 Å². The molecule has 1 N–H and O–H groups in total. The number of hydrogen-bond acceptors (Lipinski definition) is 5. The normalized spacial score (nSPS) is 19.2. The van der Waals surface area contributed by atoms with Gasteiger partial charge in [0.15, 0.2) is 0 Å². The summed E-state index contributed by atoms with van der Waals surface area (Å²) in [5.41, 5.74) is 0.844. The standard InChI is InChI=1S/C21H30N4O4/c1-3-22-20(26)19(16-6-4-5-7-16)23-10-12-24(13-11-23)21(27)17-9-8-15(2)18(14-17)25(28)29/h8-9,14,16,19H,3-7,10-13H2,1-2H3,(H,22,26)/t19-/m0/s1. The van der Waals surface area contributed by atoms with Gasteiger partial charge < -0.3 is 10.2 Å². The number of nitro benzene ring substituents is 1. The molecule has 1 saturated heterocycles. The first-order valence-electron chi connectivity index (χ1n) is 10.5. The van der Waals surface area contributed by atoms with Crippen LogP contribution in [0.5, 0.6) is 0 Å². The first kappa shape index (κ1) is 21.2. The van der Waals surface area contributed by atoms with Gasteiger partial charge in [-0.2, -0.15) is 0 Å². The van der Waals surface area contributed by atoms with Gasteiger partial charge in [-0.3, -0.25) is 24.6 Å². The maximum atomic E-state index is 12.9. The van der Waals surface area contributed by atoms with Gasteiger partial charge in [0, 0.05) is 49.9 Å². The van der Waals surface area contributed by atoms with E-state index in [2.05, 4.69) is 10.2 Å². The van der Waals surface area contributed by atoms with E-state index in [-0.39, 0.29) is 23.5 Å². The molecule has 8 heteroatoms. The molecule has 0 bridgehead atoms. The van der Waals surface area contributed by atoms with Crippen molar-refractivity contribution in [3.05, 3.63) is 39.4 Å². The van der Waals surface area contributed by atoms with Crippen molar-refractivity contribution in [2.45, 2.75) is 45.6 Å². The van der Waals surface area contributed by atoms with Crippen molar-refractivity contribution >= 4 is 17.5 Å². The van der Waals surface area contributed by atoms with Crippen molar-refractivity contribution in [3.8, 4) is 0 Å². The summed E-state index contributed by atoms with van der Waals surface area (Å²) in [4.78, 5) is 40.2. The molecule has 3 rings (SSSR count). The van der Waals surface area contributed by atoms with Crippen molar-refractivity contribution in [2.75, 3.05) is 32.7 Å². The van der Waals surface area contributed by atoms with Gasteiger partial charge in [-0.25, -0.2) is 0 Å². The maximum absolute atomic E-state index is 12.9. The second-order valence-corrected chi connectivity index (χ2v) is 7.97. The fourth-order valence-corrected chi connectivity index (χ4v) is 4.55. The molecule has 0 radical (unpaired) electrons. The third-order valence-corrected chi connectivity index (χ3v) is 6.11. The van der Waals surface area contributed by atoms with Crippen molar-refractivity contribution < 1.29 is 14.5 Å². The molecule has 2 amide bonds. The molecule has 8 nitrogen and oxygen atoms in total. The van der Waals surface area contributed by atoms with E-state index < -0.39 is 4.92 Å². The molecular weight excluding hydrogens is 372 g/mol. The first-order valence-corrected chi connectivity index (χ1v) is 10.5. The van der Waals surface area contributed by atoms with Crippen LogP contribution in [0.25, 0.3) is 0 Å². The van der Waals surface area contributed by atoms with Crippen LogP contribution in [0, 0.1) is 23.0 Å². The largest absolute Gasteiger partial charge is 0.355 e. The molecule has 0 spiro atoms. The van der Waals surface area contributed by atoms with Crippen LogP contribution < -0.4 is 5.32 Å². The second kappa shape index (κ2) is 9.35. The molecule has 2 aliphatic rings. The Morgan fingerprint density at radius 1 is 1.21 bits per heavy atom. The van der Waals surface area contributed by atoms with Crippen LogP contribution in [0.3, 0.4) is 0 Å². The fourth-order valence-electron chi connectivity index (χ4n) is 4.55. The van der Waals surface area contributed by atoms with Crippen LogP contribution in [0.2, 0.25) is 0 Å². The molecule has 1 heterocycles. The van der Waals surface area contributed by atoms with Gasteiger partial charge in [-0.1, -0.05) is 18.9 Å². The van der Waals surface area contributed by atoms with Gasteiger partial charge >= 0.3 is 0 Å². The van der Waals surface area contributed by atoms with Crippen molar-refractivity contribution in [3.63, 3.8) is 0 Å². The van der Waals surface area contributed by atoms with Gasteiger partial charge in [0.25, 0.3) is 11.6 Å². The summed E-state index contributed by atoms with van der Waals surface area (Å²) in [5.74, 6) is 0.278. The molecule has 1 aromatic carbocycles. The summed E-state index contributed by atoms with van der Waals surface area (Å²) in [6.45, 7) is 6.52. The Balaban J connectivity index is 1.67. The SMILES string of the molecule is CCNC(=O)[C@H](C1CCCC1)N1CCN(C(=O)c2ccc(C)c([N+](=O)[O-])c2)CC1. The Bertz CT molecular complexity index is 768. The van der Waals surface area contributed by atoms with Crippen molar-refractivity contribution in [1.29, 1.82) is 0 Å². The third-order valence-electron chi connectivity index (χ3n) is 6.11. The number of nitrogens with one attached hydrogen (secondary N) is 1. The van der Waals surface area contributed by atoms with E-state index in [1.54, 1.807) is 24.0 Å². The Kier molecular flexibility index (Phi) is 6.84. The van der Waals surface area contributed by atoms with E-state index in [0.29, 0.717) is 49.8 Å². The summed E-state index contributed by atoms with van der Waals surface area (Å²) in [6.07, 6.45) is 4.50. The van der Waals surface area contributed by atoms with E-state index in [9.17, 15) is 19.7 Å². The molecule has 0 unspecified atom stereocenters. The minimum Gasteiger partial charge on any atom is -0.355 e. The van der Waals surface area contributed by atoms with Crippen LogP contribution in [0.1, 0.15) is 48.5 Å². The Labute approximate surface area is 171 Å². The van der Waals surface area contributed by atoms with Crippen LogP contribution >= 0.6 is 0 Å². The molecule has 1 aliphatic heterocycles. The van der Waals surface area contributed by atoms with Crippen molar-refractivity contribution in [2.24, 2.45) is 5.92 Å². The van der Waals surface area contributed by atoms with Crippen LogP contribution in [-0.2, 0) is 4.79 Å². The second-order valence-electron chi connectivity index (χ2n) is 7.97. The highest BCUT2D eigenvalue weighted by molar-refractivity contribution is 5.95. The lowest BCUT2D eigenvalue weighted by molar-refractivity contribution is -0.385. The average Bonchev–Trinajstić information content (AvgIpc) is 3.23. The number of carbonyl (C=O) groups excluding carboxylic acids is 2. The van der Waals surface area contributed by atoms with Gasteiger partial charge in [0.05, 0.1) is 11.0 Å². The van der Waals surface area contributed by atoms with Crippen molar-refractivity contribution in [1.82, 2.24) is 15.1 Å². The lowest BCUT2D eigenvalue weighted by atomic mass is 9.95. The molecule has 29 heavy (non-hydrogen) atoms. The molecular formula is C21H30N4O4. The van der Waals surface area contributed by atoms with E-state index >= 15 is 0 Å². The topological polar surface area (TPSA) is 95.8 Å². The van der Waals surface area contributed by atoms with E-state index in [0.717, 1.165) is 12.8 Å². The number of aryl methyl sites for hydroxylation is 1. The number of carbonyl (C=O) groups is 2. The molecule has 158 valence electrons. The molecule has 1 saturated carbocycles. The number of piperazine rings is 1. The maximum Gasteiger partial charge on any atom is 0.273 e. The Morgan fingerprint density at radius 3 is 2.45 bits per heavy atom. The predicted molar refractivity (Wildman–Crippen MR) is 110 cm³/mol. The minimum absolute atomic E-state index is 0.0352. The van der Waals surface area contributed by atoms with Gasteiger partial charge in [-0.05, 0) is 38.7 Å². The zero-order valence-electron chi connectivity index (χ0n) is 17.2. The van der Waals surface area contributed by atoms with E-state index in [1.807, 2.05) is 6.92 Å². The summed E-state index contributed by atoms with van der Waals surface area (Å²) < 4.78 is 0. The number of nitrogens with zero attached hydrogens (tertiary/aromatic N) is 3. The summed E-state index contributed by atoms with van der Waals surface area (Å²) in [5, 5.41) is 14.1. The number of amides is 2. The highest BCUT2D eigenvalue weighted by atomic mass is 16.6. The van der Waals surface area contributed by atoms with Gasteiger partial charge in [0.2, 0.25) is 5.91 Å². The van der Waals surface area contributed by atoms with E-state index in [4.69, 9.17) is 0 Å². The fraction of sp³-hybridized carbons (Fsp3) is 0.619. The first-order chi connectivity index (χ1) is 13.9. The van der Waals surface area contributed by atoms with Crippen LogP contribution in [0.4, 0.5) is 5.69 Å². The monoisotopic (exact) mass is 402 g/mol. The lowest BCUT2D eigenvalue weighted by Gasteiger charge is -2.40. The highest BCUT2D eigenvalue weighted by Gasteiger charge is 2.37. The summed E-state index contributed by atoms with van der Waals surface area (Å²) in [6, 6.07) is 4.50. The number of rotatable bonds is 6. The van der Waals surface area contributed by atoms with E-state index in [1.165, 1.54) is 18.9 Å². The average molecular weight is 402 g/mol. The number of likely N-dealkylation sites (N-methyl/N-ethyl adjacent to an activating group) is 1. The molecule has 1 aromatic rings. The molecule has 2 fully saturated rings. The number of nitro groups is 1. The molecule has 1 aliphatic carbocycles. The summed E-state index contributed by atoms with van der Waals surface area (Å²) in [7, 11) is 0.